The molecule has 0 atom stereocenters. The second-order valence-corrected chi connectivity index (χ2v) is 4.56. The van der Waals surface area contributed by atoms with Crippen molar-refractivity contribution in [3.05, 3.63) is 57.8 Å². The summed E-state index contributed by atoms with van der Waals surface area (Å²) in [6, 6.07) is 8.12. The second-order valence-electron chi connectivity index (χ2n) is 4.56. The number of benzene rings is 1. The van der Waals surface area contributed by atoms with E-state index < -0.39 is 4.92 Å². The molecule has 2 rings (SSSR count). The van der Waals surface area contributed by atoms with Crippen molar-refractivity contribution in [2.45, 2.75) is 13.8 Å². The maximum absolute atomic E-state index is 11.8. The number of rotatable bonds is 5. The smallest absolute Gasteiger partial charge is 0.290 e. The van der Waals surface area contributed by atoms with Crippen molar-refractivity contribution in [3.8, 4) is 11.6 Å². The van der Waals surface area contributed by atoms with E-state index in [-0.39, 0.29) is 17.5 Å². The summed E-state index contributed by atoms with van der Waals surface area (Å²) in [6.45, 7) is 3.98. The number of nitrogens with one attached hydrogen (secondary N) is 1. The zero-order valence-electron chi connectivity index (χ0n) is 12.2. The lowest BCUT2D eigenvalue weighted by Crippen LogP contribution is -2.22. The molecule has 7 nitrogen and oxygen atoms in total. The minimum Gasteiger partial charge on any atom is -0.439 e. The fourth-order valence-electron chi connectivity index (χ4n) is 1.85. The largest absolute Gasteiger partial charge is 0.439 e. The minimum absolute atomic E-state index is 0.0663. The zero-order valence-corrected chi connectivity index (χ0v) is 12.2. The van der Waals surface area contributed by atoms with Gasteiger partial charge in [-0.2, -0.15) is 0 Å². The van der Waals surface area contributed by atoms with Gasteiger partial charge in [0.2, 0.25) is 5.88 Å². The highest BCUT2D eigenvalue weighted by molar-refractivity contribution is 5.94. The van der Waals surface area contributed by atoms with Crippen molar-refractivity contribution in [1.82, 2.24) is 10.3 Å². The number of aryl methyl sites for hydroxylation is 1. The lowest BCUT2D eigenvalue weighted by atomic mass is 10.2. The van der Waals surface area contributed by atoms with Crippen LogP contribution in [0.1, 0.15) is 22.8 Å². The van der Waals surface area contributed by atoms with Gasteiger partial charge in [-0.3, -0.25) is 14.9 Å². The summed E-state index contributed by atoms with van der Waals surface area (Å²) < 4.78 is 5.55. The van der Waals surface area contributed by atoms with E-state index in [1.807, 2.05) is 6.92 Å². The number of hydrogen-bond acceptors (Lipinski definition) is 5. The number of carbonyl (C=O) groups is 1. The van der Waals surface area contributed by atoms with Gasteiger partial charge in [-0.15, -0.1) is 0 Å². The summed E-state index contributed by atoms with van der Waals surface area (Å²) in [7, 11) is 0. The number of aromatic nitrogens is 1. The van der Waals surface area contributed by atoms with Crippen LogP contribution >= 0.6 is 0 Å². The topological polar surface area (TPSA) is 94.4 Å². The van der Waals surface area contributed by atoms with Crippen LogP contribution in [-0.2, 0) is 0 Å². The van der Waals surface area contributed by atoms with Crippen LogP contribution in [0.25, 0.3) is 0 Å². The Kier molecular flexibility index (Phi) is 4.67. The lowest BCUT2D eigenvalue weighted by molar-refractivity contribution is -0.385. The van der Waals surface area contributed by atoms with E-state index in [0.29, 0.717) is 23.4 Å². The Morgan fingerprint density at radius 1 is 1.41 bits per heavy atom. The Morgan fingerprint density at radius 2 is 2.18 bits per heavy atom. The molecule has 0 saturated carbocycles. The molecule has 0 saturated heterocycles. The van der Waals surface area contributed by atoms with E-state index in [1.165, 1.54) is 6.07 Å². The van der Waals surface area contributed by atoms with Gasteiger partial charge in [-0.1, -0.05) is 6.07 Å². The predicted octanol–water partition coefficient (Wildman–Crippen LogP) is 2.84. The van der Waals surface area contributed by atoms with E-state index >= 15 is 0 Å². The van der Waals surface area contributed by atoms with Gasteiger partial charge in [0.25, 0.3) is 11.6 Å². The van der Waals surface area contributed by atoms with Gasteiger partial charge in [-0.05, 0) is 32.0 Å². The summed E-state index contributed by atoms with van der Waals surface area (Å²) in [5.41, 5.74) is 0.858. The fourth-order valence-corrected chi connectivity index (χ4v) is 1.85. The third-order valence-corrected chi connectivity index (χ3v) is 2.91. The number of amides is 1. The molecule has 114 valence electrons. The van der Waals surface area contributed by atoms with Gasteiger partial charge in [0.1, 0.15) is 11.9 Å². The van der Waals surface area contributed by atoms with Crippen LogP contribution in [0.2, 0.25) is 0 Å². The second kappa shape index (κ2) is 6.66. The van der Waals surface area contributed by atoms with Crippen LogP contribution in [0.3, 0.4) is 0 Å². The summed E-state index contributed by atoms with van der Waals surface area (Å²) in [5, 5.41) is 13.4. The van der Waals surface area contributed by atoms with Gasteiger partial charge < -0.3 is 10.1 Å². The van der Waals surface area contributed by atoms with Gasteiger partial charge in [0.05, 0.1) is 4.92 Å². The van der Waals surface area contributed by atoms with Crippen molar-refractivity contribution in [1.29, 1.82) is 0 Å². The first-order chi connectivity index (χ1) is 10.5. The van der Waals surface area contributed by atoms with E-state index in [2.05, 4.69) is 10.3 Å². The Hall–Kier alpha value is -2.96. The molecule has 1 heterocycles. The molecule has 0 unspecified atom stereocenters. The van der Waals surface area contributed by atoms with E-state index in [4.69, 9.17) is 4.74 Å². The first kappa shape index (κ1) is 15.4. The number of pyridine rings is 1. The molecule has 0 bridgehead atoms. The average molecular weight is 301 g/mol. The van der Waals surface area contributed by atoms with Crippen LogP contribution in [-0.4, -0.2) is 22.4 Å². The number of hydrogen-bond donors (Lipinski definition) is 1. The first-order valence-electron chi connectivity index (χ1n) is 6.68. The molecule has 1 aromatic heterocycles. The molecule has 1 amide bonds. The zero-order chi connectivity index (χ0) is 16.1. The van der Waals surface area contributed by atoms with Gasteiger partial charge in [0.15, 0.2) is 0 Å². The molecule has 0 radical (unpaired) electrons. The SMILES string of the molecule is CCNC(=O)c1cccc(Oc2cc(C)c([N+](=O)[O-])cn2)c1. The van der Waals surface area contributed by atoms with Gasteiger partial charge in [-0.25, -0.2) is 4.98 Å². The Labute approximate surface area is 127 Å². The quantitative estimate of drug-likeness (QED) is 0.677. The lowest BCUT2D eigenvalue weighted by Gasteiger charge is -2.07. The Morgan fingerprint density at radius 3 is 2.82 bits per heavy atom. The summed E-state index contributed by atoms with van der Waals surface area (Å²) in [5.74, 6) is 0.474. The van der Waals surface area contributed by atoms with Crippen molar-refractivity contribution in [2.24, 2.45) is 0 Å². The molecule has 0 aliphatic rings. The number of ether oxygens (including phenoxy) is 1. The third kappa shape index (κ3) is 3.57. The van der Waals surface area contributed by atoms with Gasteiger partial charge >= 0.3 is 0 Å². The maximum Gasteiger partial charge on any atom is 0.290 e. The molecular weight excluding hydrogens is 286 g/mol. The Balaban J connectivity index is 2.20. The highest BCUT2D eigenvalue weighted by Gasteiger charge is 2.13. The van der Waals surface area contributed by atoms with E-state index in [9.17, 15) is 14.9 Å². The molecule has 0 spiro atoms. The van der Waals surface area contributed by atoms with Crippen LogP contribution in [0.15, 0.2) is 36.5 Å². The highest BCUT2D eigenvalue weighted by atomic mass is 16.6. The van der Waals surface area contributed by atoms with Crippen molar-refractivity contribution in [3.63, 3.8) is 0 Å². The molecule has 7 heteroatoms. The van der Waals surface area contributed by atoms with Crippen LogP contribution < -0.4 is 10.1 Å². The summed E-state index contributed by atoms with van der Waals surface area (Å²) in [4.78, 5) is 25.9. The molecule has 0 aliphatic heterocycles. The summed E-state index contributed by atoms with van der Waals surface area (Å²) in [6.07, 6.45) is 1.15. The monoisotopic (exact) mass is 301 g/mol. The molecular formula is C15H15N3O4. The highest BCUT2D eigenvalue weighted by Crippen LogP contribution is 2.25. The molecule has 0 fully saturated rings. The van der Waals surface area contributed by atoms with E-state index in [1.54, 1.807) is 31.2 Å². The van der Waals surface area contributed by atoms with Crippen LogP contribution in [0, 0.1) is 17.0 Å². The first-order valence-corrected chi connectivity index (χ1v) is 6.68. The van der Waals surface area contributed by atoms with E-state index in [0.717, 1.165) is 6.20 Å². The molecule has 0 aliphatic carbocycles. The number of nitro groups is 1. The van der Waals surface area contributed by atoms with Crippen molar-refractivity contribution >= 4 is 11.6 Å². The normalized spacial score (nSPS) is 10.1. The number of nitrogens with zero attached hydrogens (tertiary/aromatic N) is 2. The predicted molar refractivity (Wildman–Crippen MR) is 80.2 cm³/mol. The molecule has 2 aromatic rings. The van der Waals surface area contributed by atoms with Crippen LogP contribution in [0.5, 0.6) is 11.6 Å². The minimum atomic E-state index is -0.498. The van der Waals surface area contributed by atoms with Crippen LogP contribution in [0.4, 0.5) is 5.69 Å². The van der Waals surface area contributed by atoms with Gasteiger partial charge in [0, 0.05) is 23.7 Å². The maximum atomic E-state index is 11.8. The fraction of sp³-hybridized carbons (Fsp3) is 0.200. The summed E-state index contributed by atoms with van der Waals surface area (Å²) >= 11 is 0. The average Bonchev–Trinajstić information content (AvgIpc) is 2.47. The standard InChI is InChI=1S/C15H15N3O4/c1-3-16-15(19)11-5-4-6-12(8-11)22-14-7-10(2)13(9-17-14)18(20)21/h4-9H,3H2,1-2H3,(H,16,19). The molecule has 1 N–H and O–H groups in total. The Bertz CT molecular complexity index is 716. The van der Waals surface area contributed by atoms with Crippen molar-refractivity contribution in [2.75, 3.05) is 6.54 Å². The molecule has 1 aromatic carbocycles. The number of carbonyl (C=O) groups excluding carboxylic acids is 1. The van der Waals surface area contributed by atoms with Crippen molar-refractivity contribution < 1.29 is 14.5 Å². The molecule has 22 heavy (non-hydrogen) atoms. The third-order valence-electron chi connectivity index (χ3n) is 2.91.